The number of halogens is 5. The number of hydrogen-bond donors (Lipinski definition) is 0. The lowest BCUT2D eigenvalue weighted by Crippen LogP contribution is -2.10. The minimum atomic E-state index is -0.403. The van der Waals surface area contributed by atoms with Crippen LogP contribution >= 0.6 is 58.0 Å². The summed E-state index contributed by atoms with van der Waals surface area (Å²) in [6.07, 6.45) is 5.37. The first-order valence-corrected chi connectivity index (χ1v) is 44.9. The van der Waals surface area contributed by atoms with Crippen LogP contribution in [0.3, 0.4) is 0 Å². The molecular weight excluding hydrogens is 1660 g/mol. The van der Waals surface area contributed by atoms with Gasteiger partial charge in [0.25, 0.3) is 5.69 Å². The van der Waals surface area contributed by atoms with E-state index in [-0.39, 0.29) is 11.1 Å². The van der Waals surface area contributed by atoms with Crippen LogP contribution in [-0.2, 0) is 18.3 Å². The number of nitrogens with zero attached hydrogens (tertiary/aromatic N) is 1. The van der Waals surface area contributed by atoms with Gasteiger partial charge >= 0.3 is 0 Å². The van der Waals surface area contributed by atoms with Crippen molar-refractivity contribution in [3.05, 3.63) is 494 Å². The van der Waals surface area contributed by atoms with Crippen LogP contribution in [-0.4, -0.2) is 12.0 Å². The highest BCUT2D eigenvalue weighted by Gasteiger charge is 2.13. The molecule has 0 radical (unpaired) electrons. The minimum absolute atomic E-state index is 0.144. The van der Waals surface area contributed by atoms with E-state index in [9.17, 15) is 10.1 Å². The molecule has 0 saturated carbocycles. The number of rotatable bonds is 2. The van der Waals surface area contributed by atoms with Gasteiger partial charge in [-0.15, -0.1) is 0 Å². The first-order chi connectivity index (χ1) is 60.8. The van der Waals surface area contributed by atoms with Crippen LogP contribution in [0.4, 0.5) is 5.69 Å². The molecule has 0 atom stereocenters. The molecule has 9 heteroatoms. The summed E-state index contributed by atoms with van der Waals surface area (Å²) in [7, 11) is 1.67. The van der Waals surface area contributed by atoms with Crippen molar-refractivity contribution >= 4 is 128 Å². The Morgan fingerprint density at radius 1 is 0.276 bits per heavy atom. The normalized spacial score (nSPS) is 10.7. The van der Waals surface area contributed by atoms with Crippen molar-refractivity contribution in [1.82, 2.24) is 0 Å². The van der Waals surface area contributed by atoms with E-state index in [4.69, 9.17) is 62.7 Å². The summed E-state index contributed by atoms with van der Waals surface area (Å²) in [6.45, 7) is 33.6. The van der Waals surface area contributed by atoms with Gasteiger partial charge in [0.15, 0.2) is 0 Å². The lowest BCUT2D eigenvalue weighted by Gasteiger charge is -2.18. The van der Waals surface area contributed by atoms with Crippen molar-refractivity contribution in [2.45, 2.75) is 142 Å². The predicted molar refractivity (Wildman–Crippen MR) is 558 cm³/mol. The fourth-order valence-electron chi connectivity index (χ4n) is 13.4. The molecule has 650 valence electrons. The Bertz CT molecular complexity index is 6240. The van der Waals surface area contributed by atoms with Gasteiger partial charge in [-0.2, -0.15) is 0 Å². The van der Waals surface area contributed by atoms with Crippen molar-refractivity contribution in [1.29, 1.82) is 0 Å². The number of aryl methyl sites for hydroxylation is 15. The number of ether oxygens (including phenoxy) is 1. The fourth-order valence-corrected chi connectivity index (χ4v) is 14.5. The van der Waals surface area contributed by atoms with Gasteiger partial charge in [-0.1, -0.05) is 461 Å². The van der Waals surface area contributed by atoms with Crippen LogP contribution in [0.1, 0.15) is 123 Å². The van der Waals surface area contributed by atoms with Crippen molar-refractivity contribution < 1.29 is 9.66 Å². The molecule has 1 aliphatic rings. The highest BCUT2D eigenvalue weighted by molar-refractivity contribution is 6.52. The molecule has 0 unspecified atom stereocenters. The number of benzene rings is 18. The summed E-state index contributed by atoms with van der Waals surface area (Å²) < 4.78 is 4.97. The molecule has 0 aliphatic heterocycles. The molecule has 19 rings (SSSR count). The molecule has 18 aromatic rings. The second-order valence-corrected chi connectivity index (χ2v) is 35.2. The molecule has 1 aliphatic carbocycles. The summed E-state index contributed by atoms with van der Waals surface area (Å²) in [6, 6.07) is 127. The van der Waals surface area contributed by atoms with Crippen molar-refractivity contribution in [2.24, 2.45) is 0 Å². The Morgan fingerprint density at radius 2 is 0.598 bits per heavy atom. The predicted octanol–water partition coefficient (Wildman–Crippen LogP) is 36.5. The summed E-state index contributed by atoms with van der Waals surface area (Å²) in [5.74, 6) is 0.917. The second-order valence-electron chi connectivity index (χ2n) is 33.2. The van der Waals surface area contributed by atoms with Crippen molar-refractivity contribution in [2.75, 3.05) is 7.11 Å². The maximum atomic E-state index is 10.1. The first kappa shape index (κ1) is 101. The lowest BCUT2D eigenvalue weighted by molar-refractivity contribution is -0.384. The number of methoxy groups -OCH3 is 1. The molecule has 0 spiro atoms. The fraction of sp³-hybridized carbons (Fsp3) is 0.186. The van der Waals surface area contributed by atoms with Crippen LogP contribution < -0.4 is 4.74 Å². The third-order valence-corrected chi connectivity index (χ3v) is 23.0. The molecule has 18 aromatic carbocycles. The van der Waals surface area contributed by atoms with Crippen molar-refractivity contribution in [3.63, 3.8) is 0 Å². The Hall–Kier alpha value is -11.8. The van der Waals surface area contributed by atoms with Gasteiger partial charge in [0.1, 0.15) is 5.75 Å². The highest BCUT2D eigenvalue weighted by Crippen LogP contribution is 2.38. The number of nitro groups is 1. The average molecular weight is 1780 g/mol. The number of hydrogen-bond acceptors (Lipinski definition) is 3. The third-order valence-electron chi connectivity index (χ3n) is 20.9. The quantitative estimate of drug-likeness (QED) is 0.0433. The average Bonchev–Trinajstić information content (AvgIpc) is 0.771. The van der Waals surface area contributed by atoms with Gasteiger partial charge in [0.05, 0.1) is 32.1 Å². The van der Waals surface area contributed by atoms with Gasteiger partial charge in [0, 0.05) is 17.2 Å². The largest absolute Gasteiger partial charge is 0.497 e. The molecule has 0 bridgehead atoms. The summed E-state index contributed by atoms with van der Waals surface area (Å²) in [4.78, 5) is 9.71. The number of non-ortho nitro benzene ring substituents is 1. The molecule has 0 amide bonds. The second kappa shape index (κ2) is 51.7. The molecule has 0 aromatic heterocycles. The van der Waals surface area contributed by atoms with E-state index < -0.39 is 4.92 Å². The van der Waals surface area contributed by atoms with E-state index >= 15 is 0 Å². The smallest absolute Gasteiger partial charge is 0.269 e. The summed E-state index contributed by atoms with van der Waals surface area (Å²) in [5.41, 5.74) is 21.4. The zero-order valence-electron chi connectivity index (χ0n) is 76.6. The zero-order valence-corrected chi connectivity index (χ0v) is 80.4. The highest BCUT2D eigenvalue weighted by atomic mass is 35.5. The topological polar surface area (TPSA) is 52.4 Å². The Morgan fingerprint density at radius 3 is 1.05 bits per heavy atom. The molecule has 127 heavy (non-hydrogen) atoms. The molecule has 0 N–H and O–H groups in total. The van der Waals surface area contributed by atoms with Crippen LogP contribution in [0.2, 0.25) is 25.1 Å². The monoisotopic (exact) mass is 1770 g/mol. The van der Waals surface area contributed by atoms with Gasteiger partial charge in [0.2, 0.25) is 0 Å². The number of fused-ring (bicyclic) bond motifs is 8. The van der Waals surface area contributed by atoms with Crippen molar-refractivity contribution in [3.8, 4) is 5.75 Å². The van der Waals surface area contributed by atoms with Crippen LogP contribution in [0, 0.1) is 100 Å². The van der Waals surface area contributed by atoms with Crippen LogP contribution in [0.5, 0.6) is 5.75 Å². The van der Waals surface area contributed by atoms with Gasteiger partial charge in [-0.25, -0.2) is 0 Å². The Kier molecular flexibility index (Phi) is 40.9. The van der Waals surface area contributed by atoms with E-state index in [1.807, 2.05) is 87.5 Å². The SMILES string of the molecule is COc1ccc(C)cc1.Cc1cc(Cl)c(Cl)c(Cl)c1Cl.Cc1ccc(C(C)(C)C)cc1.Cc1ccc(C)cc1.Cc1ccc(Cl)cc1.Cc1ccc([N+](=O)[O-])cc1.Cc1ccc2c(c1)CCCC2.Cc1ccc2cc3ccccc3cc2c1.Cc1ccc2ccc3ccccc3c2c1.Cc1ccc2ccccc2c1.Cc1ccc2ccccc2c1.Cc1ccccc1. The van der Waals surface area contributed by atoms with Gasteiger partial charge in [-0.3, -0.25) is 10.1 Å². The van der Waals surface area contributed by atoms with E-state index in [2.05, 4.69) is 363 Å². The van der Waals surface area contributed by atoms with E-state index in [0.29, 0.717) is 20.1 Å². The van der Waals surface area contributed by atoms with Gasteiger partial charge < -0.3 is 4.74 Å². The third kappa shape index (κ3) is 34.8. The Balaban J connectivity index is 0.000000172. The maximum Gasteiger partial charge on any atom is 0.269 e. The number of nitro benzene ring substituents is 1. The molecule has 0 saturated heterocycles. The van der Waals surface area contributed by atoms with E-state index in [0.717, 1.165) is 21.9 Å². The minimum Gasteiger partial charge on any atom is -0.497 e. The summed E-state index contributed by atoms with van der Waals surface area (Å²) >= 11 is 28.6. The molecular formula is C118H120Cl5NO3. The summed E-state index contributed by atoms with van der Waals surface area (Å²) in [5, 5.41) is 28.3. The molecule has 4 nitrogen and oxygen atoms in total. The molecule has 0 heterocycles. The zero-order chi connectivity index (χ0) is 92.0. The Labute approximate surface area is 781 Å². The van der Waals surface area contributed by atoms with Crippen LogP contribution in [0.15, 0.2) is 370 Å². The van der Waals surface area contributed by atoms with Gasteiger partial charge in [-0.05, 0) is 250 Å². The lowest BCUT2D eigenvalue weighted by atomic mass is 9.87. The maximum absolute atomic E-state index is 10.1. The standard InChI is InChI=1S/2C15H12.C11H14.2C11H10.C11H16.C8H10O.C8H10.C7H4Cl4.C7H7Cl.C7H7NO2.C7H8/c1-11-6-7-14-9-12-4-2-3-5-13(12)10-15(14)8-11;1-11-6-7-13-9-8-12-4-2-3-5-14(12)15(13)10-11;3*1-9-6-7-10-4-2-3-5-11(10)8-9;1-9-5-7-10(8-6-9)11(2,3)4;1-7-3-5-8(9-2)6-4-7;1-7-3-5-8(2)6-4-7;1-3-2-4(8)6(10)7(11)5(3)9;1-6-2-4-7(8)5-3-6;1-6-2-4-7(5-3-6)8(9)10;1-7-5-3-2-4-6-7/h2*2-10H,1H3;6-8H,2-5H2,1H3;2*2-8H,1H3;5-8H,1-4H3;3-6H,1-2H3;3-6H,1-2H3;2H,1H3;2-5H,1H3;2-5H,1H3;2-6H,1H3. The van der Waals surface area contributed by atoms with E-state index in [1.165, 1.54) is 169 Å². The first-order valence-electron chi connectivity index (χ1n) is 43.0. The molecule has 0 fully saturated rings. The van der Waals surface area contributed by atoms with Crippen LogP contribution in [0.25, 0.3) is 64.6 Å². The van der Waals surface area contributed by atoms with E-state index in [1.54, 1.807) is 36.4 Å².